The van der Waals surface area contributed by atoms with Crippen LogP contribution in [0.5, 0.6) is 0 Å². The van der Waals surface area contributed by atoms with Crippen molar-refractivity contribution in [3.8, 4) is 0 Å². The second kappa shape index (κ2) is 39.3. The monoisotopic (exact) mass is 1160 g/mol. The Morgan fingerprint density at radius 2 is 0.976 bits per heavy atom. The molecule has 0 aromatic carbocycles. The first-order valence-electron chi connectivity index (χ1n) is 19.5. The SMILES string of the molecule is C.C/C(=C1/CC(=O)C([O-])=N1)C(F)(F)F.C/C(=C1\N=C([O-])CC(=O)N1)C(F)(F)F.CC(=C=[N-])C1=NC(=O)C(=O)C1.CC(=C=[N-])C1=NC(=O)CC(=O)N1.CS(=O)(=O)N=C1CC(=O)C([O-])=N1.CS(=O)(=O)N=C1N=C([O-])CC(=O)N1.[Li+].[Li+].[Li+].[Li+].[Li+].[Li+]. The standard InChI is InChI=1S/C7H7F3N2O2.C7H6F3NO2.C7H6N3O2.C7H5N2O2.C5H7N3O4S.C5H6N2O4S.CH4.6Li/c1-3(7(8,9)10)6-11-4(13)2-5(14)12-6;1-3(7(8,9)10)4-2-5(12)6(13)11-4;1-4(3-8)7-9-5(11)2-6(12)10-7;1-4(3-8)5-2-6(10)7(11)9-5;1-13(11,12)8-5-6-3(9)2-4(10)7-5;1-12(10,11)7-4-2-3(8)5(9)6-4;;;;;;;/h2H2,1H3,(H,11,13)(H,12,14);2H2,1H3,(H,11,13);2H2,1H3,(H,9,10,11,12);2H2,1H3;2H2,1H3,(H2,6,7,8,9,10);2H2,1H3,(H,6,7,9);1H4;;;;;;/q;;2*-1;;;;6*+1/p-4/b;4-3+;;;;;;;;;;;. The molecule has 0 aliphatic carbocycles. The summed E-state index contributed by atoms with van der Waals surface area (Å²) in [6, 6.07) is 0. The molecule has 0 spiro atoms. The van der Waals surface area contributed by atoms with E-state index in [1.807, 2.05) is 16.5 Å². The average Bonchev–Trinajstić information content (AvgIpc) is 3.89. The van der Waals surface area contributed by atoms with E-state index in [0.29, 0.717) is 11.3 Å². The summed E-state index contributed by atoms with van der Waals surface area (Å²) in [5, 5.41) is 65.4. The van der Waals surface area contributed by atoms with Crippen LogP contribution in [-0.4, -0.2) is 147 Å². The van der Waals surface area contributed by atoms with Crippen molar-refractivity contribution < 1.29 is 215 Å². The molecule has 43 heteroatoms. The molecule has 29 nitrogen and oxygen atoms in total. The Morgan fingerprint density at radius 3 is 1.33 bits per heavy atom. The zero-order valence-corrected chi connectivity index (χ0v) is 46.5. The van der Waals surface area contributed by atoms with Crippen molar-refractivity contribution in [2.45, 2.75) is 86.0 Å². The molecule has 0 aromatic rings. The van der Waals surface area contributed by atoms with Crippen molar-refractivity contribution in [2.24, 2.45) is 38.7 Å². The number of carbonyl (C=O) groups is 8. The molecule has 6 heterocycles. The molecule has 0 unspecified atom stereocenters. The number of amidine groups is 2. The first kappa shape index (κ1) is 90.5. The Morgan fingerprint density at radius 1 is 0.537 bits per heavy atom. The molecule has 0 bridgehead atoms. The van der Waals surface area contributed by atoms with Crippen molar-refractivity contribution in [3.05, 3.63) is 44.6 Å². The average molecular weight is 1160 g/mol. The molecule has 6 rings (SSSR count). The second-order valence-corrected chi connectivity index (χ2v) is 17.7. The number of nitrogens with zero attached hydrogens (tertiary/aromatic N) is 10. The number of allylic oxidation sites excluding steroid dienone is 4. The predicted octanol–water partition coefficient (Wildman–Crippen LogP) is -21.3. The number of ketones is 3. The Hall–Kier alpha value is -5.24. The first-order chi connectivity index (χ1) is 34.2. The number of nitrogens with one attached hydrogen (secondary N) is 3. The van der Waals surface area contributed by atoms with Gasteiger partial charge in [-0.15, -0.1) is 8.80 Å². The van der Waals surface area contributed by atoms with Gasteiger partial charge in [0.1, 0.15) is 23.9 Å². The third kappa shape index (κ3) is 34.4. The third-order valence-corrected chi connectivity index (χ3v) is 9.13. The van der Waals surface area contributed by atoms with Gasteiger partial charge in [-0.25, -0.2) is 31.8 Å². The minimum absolute atomic E-state index is 0. The minimum Gasteiger partial charge on any atom is -0.861 e. The van der Waals surface area contributed by atoms with Gasteiger partial charge in [0, 0.05) is 17.4 Å². The summed E-state index contributed by atoms with van der Waals surface area (Å²) in [6.07, 6.45) is -9.40. The van der Waals surface area contributed by atoms with Gasteiger partial charge < -0.3 is 41.9 Å². The third-order valence-electron chi connectivity index (χ3n) is 8.09. The fraction of sp³-hybridized carbons (Fsp3) is 0.385. The van der Waals surface area contributed by atoms with E-state index in [4.69, 9.17) is 10.8 Å². The van der Waals surface area contributed by atoms with Crippen LogP contribution in [-0.2, 0) is 58.4 Å². The number of aliphatic imine (C=N–C) groups is 6. The minimum atomic E-state index is -4.59. The van der Waals surface area contributed by atoms with Gasteiger partial charge in [-0.3, -0.25) is 65.4 Å². The molecule has 0 fully saturated rings. The van der Waals surface area contributed by atoms with E-state index < -0.39 is 144 Å². The van der Waals surface area contributed by atoms with E-state index in [9.17, 15) is 102 Å². The molecule has 0 aromatic heterocycles. The molecule has 0 saturated heterocycles. The molecular weight excluding hydrogens is 1130 g/mol. The maximum atomic E-state index is 12.1. The summed E-state index contributed by atoms with van der Waals surface area (Å²) in [6.45, 7) is 4.56. The zero-order valence-electron chi connectivity index (χ0n) is 44.8. The Balaban J connectivity index is -0.000000162. The molecule has 414 valence electrons. The van der Waals surface area contributed by atoms with Crippen LogP contribution in [0.4, 0.5) is 26.3 Å². The smallest absolute Gasteiger partial charge is 0.861 e. The quantitative estimate of drug-likeness (QED) is 0.0774. The summed E-state index contributed by atoms with van der Waals surface area (Å²) in [7, 11) is -7.21. The van der Waals surface area contributed by atoms with Gasteiger partial charge in [-0.05, 0) is 45.1 Å². The molecule has 0 radical (unpaired) electrons. The van der Waals surface area contributed by atoms with Crippen LogP contribution in [0.1, 0.15) is 73.6 Å². The Bertz CT molecular complexity index is 3160. The van der Waals surface area contributed by atoms with Gasteiger partial charge in [0.15, 0.2) is 11.6 Å². The fourth-order valence-electron chi connectivity index (χ4n) is 4.49. The van der Waals surface area contributed by atoms with Gasteiger partial charge in [-0.1, -0.05) is 7.43 Å². The van der Waals surface area contributed by atoms with Gasteiger partial charge in [0.05, 0.1) is 67.2 Å². The summed E-state index contributed by atoms with van der Waals surface area (Å²) >= 11 is 0. The number of rotatable bonds is 4. The molecule has 0 saturated carbocycles. The zero-order chi connectivity index (χ0) is 58.1. The van der Waals surface area contributed by atoms with E-state index >= 15 is 0 Å². The van der Waals surface area contributed by atoms with Crippen molar-refractivity contribution in [1.29, 1.82) is 0 Å². The molecule has 6 aliphatic rings. The van der Waals surface area contributed by atoms with E-state index in [2.05, 4.69) is 44.1 Å². The van der Waals surface area contributed by atoms with Gasteiger partial charge in [0.25, 0.3) is 26.0 Å². The maximum absolute atomic E-state index is 12.1. The van der Waals surface area contributed by atoms with Crippen molar-refractivity contribution in [3.63, 3.8) is 0 Å². The second-order valence-electron chi connectivity index (χ2n) is 14.4. The van der Waals surface area contributed by atoms with Crippen molar-refractivity contribution >= 4 is 126 Å². The number of carbonyl (C=O) groups excluding carboxylic acids is 8. The van der Waals surface area contributed by atoms with Gasteiger partial charge in [0.2, 0.25) is 29.5 Å². The van der Waals surface area contributed by atoms with E-state index in [-0.39, 0.29) is 164 Å². The van der Waals surface area contributed by atoms with Crippen LogP contribution in [0.3, 0.4) is 0 Å². The number of sulfonamides is 2. The number of amides is 5. The van der Waals surface area contributed by atoms with Gasteiger partial charge in [-0.2, -0.15) is 31.3 Å². The fourth-order valence-corrected chi connectivity index (χ4v) is 5.38. The number of hydrogen-bond donors (Lipinski definition) is 3. The number of hydrogen-bond acceptors (Lipinski definition) is 18. The Labute approximate surface area is 534 Å². The summed E-state index contributed by atoms with van der Waals surface area (Å²) in [5.41, 5.74) is -1.66. The molecular formula is C39H37F6Li6N13O16S2. The number of Topliss-reactive ketones (excluding diaryl/α,β-unsaturated/α-hetero) is 3. The van der Waals surface area contributed by atoms with E-state index in [1.54, 1.807) is 5.87 Å². The summed E-state index contributed by atoms with van der Waals surface area (Å²) in [4.78, 5) is 105. The molecule has 6 aliphatic heterocycles. The van der Waals surface area contributed by atoms with Crippen LogP contribution in [0, 0.1) is 0 Å². The van der Waals surface area contributed by atoms with Crippen LogP contribution >= 0.6 is 0 Å². The summed E-state index contributed by atoms with van der Waals surface area (Å²) in [5.74, 6) is -6.52. The number of halogens is 6. The molecule has 5 amide bonds. The van der Waals surface area contributed by atoms with Crippen LogP contribution in [0.25, 0.3) is 10.8 Å². The first-order valence-corrected chi connectivity index (χ1v) is 23.2. The largest absolute Gasteiger partial charge is 1.00 e. The predicted molar refractivity (Wildman–Crippen MR) is 246 cm³/mol. The van der Waals surface area contributed by atoms with Crippen LogP contribution in [0.15, 0.2) is 72.6 Å². The van der Waals surface area contributed by atoms with Crippen molar-refractivity contribution in [2.75, 3.05) is 12.5 Å². The van der Waals surface area contributed by atoms with Crippen LogP contribution < -0.4 is 150 Å². The summed E-state index contributed by atoms with van der Waals surface area (Å²) < 4.78 is 121. The molecule has 0 atom stereocenters. The van der Waals surface area contributed by atoms with E-state index in [1.165, 1.54) is 13.8 Å². The number of alkyl halides is 6. The molecule has 82 heavy (non-hydrogen) atoms. The van der Waals surface area contributed by atoms with E-state index in [0.717, 1.165) is 26.4 Å². The topological polar surface area (TPSA) is 477 Å². The van der Waals surface area contributed by atoms with Gasteiger partial charge >= 0.3 is 131 Å². The Kier molecular flexibility index (Phi) is 43.4. The molecule has 3 N–H and O–H groups in total. The van der Waals surface area contributed by atoms with Crippen molar-refractivity contribution in [1.82, 2.24) is 16.0 Å². The number of guanidine groups is 1. The maximum Gasteiger partial charge on any atom is 1.00 e. The normalized spacial score (nSPS) is 18.2. The van der Waals surface area contributed by atoms with Crippen LogP contribution in [0.2, 0.25) is 0 Å².